The van der Waals surface area contributed by atoms with Crippen molar-refractivity contribution in [3.63, 3.8) is 0 Å². The zero-order chi connectivity index (χ0) is 20.1. The van der Waals surface area contributed by atoms with Crippen LogP contribution < -0.4 is 18.9 Å². The van der Waals surface area contributed by atoms with E-state index in [2.05, 4.69) is 11.5 Å². The number of hydrogen-bond donors (Lipinski definition) is 1. The molecule has 1 aliphatic rings. The van der Waals surface area contributed by atoms with Gasteiger partial charge in [-0.15, -0.1) is 6.58 Å². The molecule has 0 saturated carbocycles. The molecule has 1 aliphatic heterocycles. The van der Waals surface area contributed by atoms with Gasteiger partial charge in [0.05, 0.1) is 19.8 Å². The minimum Gasteiger partial charge on any atom is -0.493 e. The molecular formula is C22H27NO5. The number of rotatable bonds is 9. The second kappa shape index (κ2) is 8.54. The number of ether oxygens (including phenoxy) is 4. The van der Waals surface area contributed by atoms with Crippen LogP contribution >= 0.6 is 0 Å². The second-order valence-electron chi connectivity index (χ2n) is 7.05. The Labute approximate surface area is 165 Å². The molecule has 1 atom stereocenters. The zero-order valence-electron chi connectivity index (χ0n) is 16.6. The highest BCUT2D eigenvalue weighted by Gasteiger charge is 2.23. The Bertz CT molecular complexity index is 834. The van der Waals surface area contributed by atoms with Gasteiger partial charge in [-0.1, -0.05) is 24.3 Å². The van der Waals surface area contributed by atoms with E-state index >= 15 is 0 Å². The number of aliphatic hydroxyl groups is 1. The molecular weight excluding hydrogens is 358 g/mol. The van der Waals surface area contributed by atoms with Crippen LogP contribution in [0.1, 0.15) is 18.1 Å². The molecule has 0 radical (unpaired) electrons. The smallest absolute Gasteiger partial charge is 0.231 e. The molecule has 2 aromatic carbocycles. The Morgan fingerprint density at radius 3 is 2.64 bits per heavy atom. The normalized spacial score (nSPS) is 14.6. The second-order valence-corrected chi connectivity index (χ2v) is 7.05. The van der Waals surface area contributed by atoms with Crippen molar-refractivity contribution >= 4 is 0 Å². The summed E-state index contributed by atoms with van der Waals surface area (Å²) >= 11 is 0. The third kappa shape index (κ3) is 4.58. The van der Waals surface area contributed by atoms with Crippen LogP contribution in [0, 0.1) is 0 Å². The summed E-state index contributed by atoms with van der Waals surface area (Å²) in [7, 11) is 3.25. The third-order valence-corrected chi connectivity index (χ3v) is 4.71. The van der Waals surface area contributed by atoms with Crippen molar-refractivity contribution in [1.29, 1.82) is 0 Å². The minimum absolute atomic E-state index is 0.245. The van der Waals surface area contributed by atoms with Crippen molar-refractivity contribution in [2.24, 2.45) is 0 Å². The molecule has 0 fully saturated rings. The lowest BCUT2D eigenvalue weighted by Gasteiger charge is -2.30. The molecule has 2 aromatic rings. The van der Waals surface area contributed by atoms with E-state index in [1.807, 2.05) is 36.4 Å². The summed E-state index contributed by atoms with van der Waals surface area (Å²) in [6, 6.07) is 11.7. The lowest BCUT2D eigenvalue weighted by Crippen LogP contribution is -2.38. The quantitative estimate of drug-likeness (QED) is 0.668. The molecule has 6 nitrogen and oxygen atoms in total. The number of methoxy groups -OCH3 is 2. The molecule has 150 valence electrons. The van der Waals surface area contributed by atoms with Crippen molar-refractivity contribution in [3.05, 3.63) is 60.2 Å². The first-order valence-electron chi connectivity index (χ1n) is 9.12. The fourth-order valence-corrected chi connectivity index (χ4v) is 3.30. The van der Waals surface area contributed by atoms with E-state index in [-0.39, 0.29) is 6.79 Å². The largest absolute Gasteiger partial charge is 0.493 e. The highest BCUT2D eigenvalue weighted by atomic mass is 16.7. The topological polar surface area (TPSA) is 60.4 Å². The Morgan fingerprint density at radius 2 is 1.93 bits per heavy atom. The van der Waals surface area contributed by atoms with Gasteiger partial charge in [-0.05, 0) is 30.7 Å². The molecule has 0 aliphatic carbocycles. The molecule has 0 spiro atoms. The first kappa shape index (κ1) is 20.0. The van der Waals surface area contributed by atoms with Crippen molar-refractivity contribution in [2.75, 3.05) is 27.6 Å². The Kier molecular flexibility index (Phi) is 6.11. The van der Waals surface area contributed by atoms with Crippen LogP contribution in [0.25, 0.3) is 0 Å². The summed E-state index contributed by atoms with van der Waals surface area (Å²) in [6.45, 7) is 7.33. The van der Waals surface area contributed by atoms with Gasteiger partial charge >= 0.3 is 0 Å². The van der Waals surface area contributed by atoms with E-state index in [1.165, 1.54) is 0 Å². The summed E-state index contributed by atoms with van der Waals surface area (Å²) in [4.78, 5) is 2.14. The molecule has 1 N–H and O–H groups in total. The van der Waals surface area contributed by atoms with Crippen molar-refractivity contribution < 1.29 is 24.1 Å². The molecule has 0 saturated heterocycles. The van der Waals surface area contributed by atoms with Gasteiger partial charge in [0.15, 0.2) is 23.0 Å². The maximum atomic E-state index is 10.6. The van der Waals surface area contributed by atoms with Gasteiger partial charge in [-0.25, -0.2) is 0 Å². The predicted molar refractivity (Wildman–Crippen MR) is 107 cm³/mol. The van der Waals surface area contributed by atoms with Gasteiger partial charge in [-0.2, -0.15) is 0 Å². The molecule has 6 heteroatoms. The van der Waals surface area contributed by atoms with Crippen LogP contribution in [-0.4, -0.2) is 43.2 Å². The zero-order valence-corrected chi connectivity index (χ0v) is 16.6. The molecule has 0 amide bonds. The molecule has 1 heterocycles. The van der Waals surface area contributed by atoms with Crippen LogP contribution in [0.15, 0.2) is 49.1 Å². The first-order chi connectivity index (χ1) is 13.5. The highest BCUT2D eigenvalue weighted by Crippen LogP contribution is 2.34. The predicted octanol–water partition coefficient (Wildman–Crippen LogP) is 3.37. The van der Waals surface area contributed by atoms with E-state index in [1.54, 1.807) is 27.2 Å². The molecule has 0 aromatic heterocycles. The molecule has 28 heavy (non-hydrogen) atoms. The van der Waals surface area contributed by atoms with E-state index in [4.69, 9.17) is 18.9 Å². The summed E-state index contributed by atoms with van der Waals surface area (Å²) in [5.41, 5.74) is 1.01. The maximum absolute atomic E-state index is 10.6. The van der Waals surface area contributed by atoms with Crippen LogP contribution in [0.3, 0.4) is 0 Å². The highest BCUT2D eigenvalue weighted by molar-refractivity contribution is 5.47. The Balaban J connectivity index is 1.86. The van der Waals surface area contributed by atoms with E-state index in [9.17, 15) is 5.11 Å². The van der Waals surface area contributed by atoms with Crippen LogP contribution in [0.5, 0.6) is 23.0 Å². The van der Waals surface area contributed by atoms with Gasteiger partial charge in [0.25, 0.3) is 0 Å². The standard InChI is InChI=1S/C22H27NO5/c1-5-22(2,24)14-23(12-16-9-10-18-20(11-16)28-15-27-18)13-17-7-6-8-19(25-3)21(17)26-4/h5-11,24H,1,12-15H2,2-4H3. The number of para-hydroxylation sites is 1. The number of fused-ring (bicyclic) bond motifs is 1. The summed E-state index contributed by atoms with van der Waals surface area (Å²) < 4.78 is 21.8. The van der Waals surface area contributed by atoms with Gasteiger partial charge in [0.2, 0.25) is 6.79 Å². The minimum atomic E-state index is -1.03. The lowest BCUT2D eigenvalue weighted by atomic mass is 10.0. The first-order valence-corrected chi connectivity index (χ1v) is 9.12. The fourth-order valence-electron chi connectivity index (χ4n) is 3.30. The van der Waals surface area contributed by atoms with Crippen LogP contribution in [0.2, 0.25) is 0 Å². The van der Waals surface area contributed by atoms with Gasteiger partial charge < -0.3 is 24.1 Å². The molecule has 3 rings (SSSR count). The third-order valence-electron chi connectivity index (χ3n) is 4.71. The summed E-state index contributed by atoms with van der Waals surface area (Å²) in [5, 5.41) is 10.6. The van der Waals surface area contributed by atoms with Crippen molar-refractivity contribution in [3.8, 4) is 23.0 Å². The Morgan fingerprint density at radius 1 is 1.14 bits per heavy atom. The average Bonchev–Trinajstić information content (AvgIpc) is 3.15. The van der Waals surface area contributed by atoms with Crippen molar-refractivity contribution in [1.82, 2.24) is 4.90 Å². The summed E-state index contributed by atoms with van der Waals surface area (Å²) in [6.07, 6.45) is 1.56. The van der Waals surface area contributed by atoms with E-state index in [0.29, 0.717) is 31.1 Å². The number of hydrogen-bond acceptors (Lipinski definition) is 6. The Hall–Kier alpha value is -2.70. The molecule has 0 bridgehead atoms. The number of nitrogens with zero attached hydrogens (tertiary/aromatic N) is 1. The summed E-state index contributed by atoms with van der Waals surface area (Å²) in [5.74, 6) is 2.87. The van der Waals surface area contributed by atoms with Crippen LogP contribution in [-0.2, 0) is 13.1 Å². The number of benzene rings is 2. The lowest BCUT2D eigenvalue weighted by molar-refractivity contribution is 0.0552. The average molecular weight is 385 g/mol. The molecule has 1 unspecified atom stereocenters. The SMILES string of the molecule is C=CC(C)(O)CN(Cc1ccc2c(c1)OCO2)Cc1cccc(OC)c1OC. The van der Waals surface area contributed by atoms with E-state index in [0.717, 1.165) is 22.6 Å². The van der Waals surface area contributed by atoms with Crippen LogP contribution in [0.4, 0.5) is 0 Å². The maximum Gasteiger partial charge on any atom is 0.231 e. The van der Waals surface area contributed by atoms with E-state index < -0.39 is 5.60 Å². The van der Waals surface area contributed by atoms with Crippen molar-refractivity contribution in [2.45, 2.75) is 25.6 Å². The van der Waals surface area contributed by atoms with Gasteiger partial charge in [0.1, 0.15) is 0 Å². The van der Waals surface area contributed by atoms with Gasteiger partial charge in [0, 0.05) is 25.2 Å². The fraction of sp³-hybridized carbons (Fsp3) is 0.364. The monoisotopic (exact) mass is 385 g/mol. The van der Waals surface area contributed by atoms with Gasteiger partial charge in [-0.3, -0.25) is 4.90 Å².